The van der Waals surface area contributed by atoms with Gasteiger partial charge in [0.05, 0.1) is 13.7 Å². The first-order valence-electron chi connectivity index (χ1n) is 4.50. The summed E-state index contributed by atoms with van der Waals surface area (Å²) in [6.45, 7) is 1.74. The monoisotopic (exact) mass is 213 g/mol. The van der Waals surface area contributed by atoms with Gasteiger partial charge in [0.25, 0.3) is 0 Å². The summed E-state index contributed by atoms with van der Waals surface area (Å²) >= 11 is 0. The standard InChI is InChI=1S/C10H12FNO3/c1-3-15-10(13)8(11)9-7(14-2)5-4-6-12-9/h4-6,8H,3H2,1-2H3. The van der Waals surface area contributed by atoms with Gasteiger partial charge in [-0.05, 0) is 19.1 Å². The zero-order valence-electron chi connectivity index (χ0n) is 8.57. The fraction of sp³-hybridized carbons (Fsp3) is 0.400. The Bertz CT molecular complexity index is 343. The highest BCUT2D eigenvalue weighted by molar-refractivity contribution is 5.76. The van der Waals surface area contributed by atoms with Crippen LogP contribution in [0.2, 0.25) is 0 Å². The van der Waals surface area contributed by atoms with E-state index in [1.807, 2.05) is 0 Å². The predicted molar refractivity (Wildman–Crippen MR) is 51.3 cm³/mol. The summed E-state index contributed by atoms with van der Waals surface area (Å²) in [4.78, 5) is 14.9. The van der Waals surface area contributed by atoms with Crippen molar-refractivity contribution in [1.82, 2.24) is 4.98 Å². The van der Waals surface area contributed by atoms with Crippen molar-refractivity contribution in [1.29, 1.82) is 0 Å². The van der Waals surface area contributed by atoms with Crippen molar-refractivity contribution in [3.63, 3.8) is 0 Å². The predicted octanol–water partition coefficient (Wildman–Crippen LogP) is 1.66. The number of aromatic nitrogens is 1. The van der Waals surface area contributed by atoms with E-state index < -0.39 is 12.1 Å². The maximum atomic E-state index is 13.5. The molecule has 0 N–H and O–H groups in total. The number of methoxy groups -OCH3 is 1. The van der Waals surface area contributed by atoms with Crippen molar-refractivity contribution in [2.75, 3.05) is 13.7 Å². The van der Waals surface area contributed by atoms with E-state index >= 15 is 0 Å². The van der Waals surface area contributed by atoms with Crippen LogP contribution in [0.5, 0.6) is 5.75 Å². The molecule has 4 nitrogen and oxygen atoms in total. The molecular formula is C10H12FNO3. The van der Waals surface area contributed by atoms with Crippen LogP contribution in [0.3, 0.4) is 0 Å². The normalized spacial score (nSPS) is 11.9. The number of hydrogen-bond donors (Lipinski definition) is 0. The van der Waals surface area contributed by atoms with E-state index in [-0.39, 0.29) is 18.1 Å². The quantitative estimate of drug-likeness (QED) is 0.714. The Morgan fingerprint density at radius 1 is 1.67 bits per heavy atom. The van der Waals surface area contributed by atoms with Gasteiger partial charge in [0.15, 0.2) is 0 Å². The summed E-state index contributed by atoms with van der Waals surface area (Å²) in [7, 11) is 1.39. The van der Waals surface area contributed by atoms with Gasteiger partial charge >= 0.3 is 5.97 Å². The van der Waals surface area contributed by atoms with E-state index in [0.717, 1.165) is 0 Å². The number of ether oxygens (including phenoxy) is 2. The molecule has 1 heterocycles. The van der Waals surface area contributed by atoms with E-state index in [0.29, 0.717) is 0 Å². The Kier molecular flexibility index (Phi) is 4.03. The van der Waals surface area contributed by atoms with Crippen LogP contribution in [0, 0.1) is 0 Å². The molecule has 1 aromatic heterocycles. The van der Waals surface area contributed by atoms with E-state index in [2.05, 4.69) is 9.72 Å². The summed E-state index contributed by atoms with van der Waals surface area (Å²) in [5.74, 6) is -0.715. The number of nitrogens with zero attached hydrogens (tertiary/aromatic N) is 1. The third-order valence-corrected chi connectivity index (χ3v) is 1.75. The Morgan fingerprint density at radius 3 is 3.00 bits per heavy atom. The van der Waals surface area contributed by atoms with Crippen molar-refractivity contribution in [2.24, 2.45) is 0 Å². The number of alkyl halides is 1. The number of hydrogen-bond acceptors (Lipinski definition) is 4. The molecule has 15 heavy (non-hydrogen) atoms. The zero-order chi connectivity index (χ0) is 11.3. The molecule has 5 heteroatoms. The fourth-order valence-corrected chi connectivity index (χ4v) is 1.09. The van der Waals surface area contributed by atoms with Gasteiger partial charge in [-0.3, -0.25) is 4.98 Å². The second-order valence-electron chi connectivity index (χ2n) is 2.71. The minimum atomic E-state index is -1.90. The van der Waals surface area contributed by atoms with E-state index in [4.69, 9.17) is 4.74 Å². The molecular weight excluding hydrogens is 201 g/mol. The molecule has 0 amide bonds. The summed E-state index contributed by atoms with van der Waals surface area (Å²) in [6.07, 6.45) is -0.509. The molecule has 0 spiro atoms. The van der Waals surface area contributed by atoms with Gasteiger partial charge in [-0.2, -0.15) is 0 Å². The van der Waals surface area contributed by atoms with Gasteiger partial charge in [0.1, 0.15) is 11.4 Å². The summed E-state index contributed by atoms with van der Waals surface area (Å²) in [5, 5.41) is 0. The van der Waals surface area contributed by atoms with Crippen LogP contribution in [0.25, 0.3) is 0 Å². The molecule has 82 valence electrons. The molecule has 0 saturated carbocycles. The van der Waals surface area contributed by atoms with Crippen LogP contribution in [0.1, 0.15) is 18.8 Å². The topological polar surface area (TPSA) is 48.4 Å². The Hall–Kier alpha value is -1.65. The lowest BCUT2D eigenvalue weighted by molar-refractivity contribution is -0.149. The molecule has 1 rings (SSSR count). The molecule has 1 aromatic rings. The van der Waals surface area contributed by atoms with Crippen molar-refractivity contribution >= 4 is 5.97 Å². The van der Waals surface area contributed by atoms with Gasteiger partial charge in [0.2, 0.25) is 6.17 Å². The van der Waals surface area contributed by atoms with E-state index in [1.54, 1.807) is 13.0 Å². The number of carbonyl (C=O) groups is 1. The lowest BCUT2D eigenvalue weighted by Crippen LogP contribution is -2.14. The van der Waals surface area contributed by atoms with Gasteiger partial charge in [-0.1, -0.05) is 0 Å². The minimum Gasteiger partial charge on any atom is -0.495 e. The van der Waals surface area contributed by atoms with Crippen molar-refractivity contribution in [3.8, 4) is 5.75 Å². The number of halogens is 1. The average molecular weight is 213 g/mol. The maximum absolute atomic E-state index is 13.5. The van der Waals surface area contributed by atoms with Crippen LogP contribution in [0.15, 0.2) is 18.3 Å². The van der Waals surface area contributed by atoms with E-state index in [9.17, 15) is 9.18 Å². The Labute approximate surface area is 87.0 Å². The Morgan fingerprint density at radius 2 is 2.40 bits per heavy atom. The lowest BCUT2D eigenvalue weighted by Gasteiger charge is -2.10. The van der Waals surface area contributed by atoms with Crippen molar-refractivity contribution < 1.29 is 18.7 Å². The number of carbonyl (C=O) groups excluding carboxylic acids is 1. The second kappa shape index (κ2) is 5.29. The van der Waals surface area contributed by atoms with Crippen molar-refractivity contribution in [3.05, 3.63) is 24.0 Å². The van der Waals surface area contributed by atoms with Crippen LogP contribution >= 0.6 is 0 Å². The molecule has 1 atom stereocenters. The highest BCUT2D eigenvalue weighted by atomic mass is 19.1. The molecule has 1 unspecified atom stereocenters. The minimum absolute atomic E-state index is 0.0570. The molecule has 0 aromatic carbocycles. The zero-order valence-corrected chi connectivity index (χ0v) is 8.57. The van der Waals surface area contributed by atoms with Crippen LogP contribution in [0.4, 0.5) is 4.39 Å². The number of pyridine rings is 1. The molecule has 0 radical (unpaired) electrons. The van der Waals surface area contributed by atoms with Gasteiger partial charge in [0, 0.05) is 6.20 Å². The summed E-state index contributed by atoms with van der Waals surface area (Å²) < 4.78 is 23.0. The van der Waals surface area contributed by atoms with E-state index in [1.165, 1.54) is 19.4 Å². The molecule has 0 aliphatic heterocycles. The third-order valence-electron chi connectivity index (χ3n) is 1.75. The van der Waals surface area contributed by atoms with Crippen LogP contribution in [-0.4, -0.2) is 24.7 Å². The van der Waals surface area contributed by atoms with Gasteiger partial charge < -0.3 is 9.47 Å². The average Bonchev–Trinajstić information content (AvgIpc) is 2.28. The smallest absolute Gasteiger partial charge is 0.347 e. The first-order chi connectivity index (χ1) is 7.20. The second-order valence-corrected chi connectivity index (χ2v) is 2.71. The first kappa shape index (κ1) is 11.4. The third kappa shape index (κ3) is 2.65. The fourth-order valence-electron chi connectivity index (χ4n) is 1.09. The largest absolute Gasteiger partial charge is 0.495 e. The Balaban J connectivity index is 2.89. The van der Waals surface area contributed by atoms with Crippen LogP contribution in [-0.2, 0) is 9.53 Å². The summed E-state index contributed by atoms with van der Waals surface area (Å²) in [6, 6.07) is 3.13. The van der Waals surface area contributed by atoms with Crippen molar-refractivity contribution in [2.45, 2.75) is 13.1 Å². The highest BCUT2D eigenvalue weighted by Gasteiger charge is 2.25. The summed E-state index contributed by atoms with van der Waals surface area (Å²) in [5.41, 5.74) is -0.0570. The first-order valence-corrected chi connectivity index (χ1v) is 4.50. The SMILES string of the molecule is CCOC(=O)C(F)c1ncccc1OC. The molecule has 0 aliphatic carbocycles. The molecule has 0 fully saturated rings. The van der Waals surface area contributed by atoms with Gasteiger partial charge in [-0.15, -0.1) is 0 Å². The molecule has 0 bridgehead atoms. The number of esters is 1. The number of rotatable bonds is 4. The highest BCUT2D eigenvalue weighted by Crippen LogP contribution is 2.25. The van der Waals surface area contributed by atoms with Crippen LogP contribution < -0.4 is 4.74 Å². The molecule has 0 saturated heterocycles. The maximum Gasteiger partial charge on any atom is 0.347 e. The molecule has 0 aliphatic rings. The van der Waals surface area contributed by atoms with Gasteiger partial charge in [-0.25, -0.2) is 9.18 Å². The lowest BCUT2D eigenvalue weighted by atomic mass is 10.2.